The van der Waals surface area contributed by atoms with E-state index in [4.69, 9.17) is 0 Å². The molecule has 1 saturated heterocycles. The van der Waals surface area contributed by atoms with Gasteiger partial charge in [-0.2, -0.15) is 11.8 Å². The van der Waals surface area contributed by atoms with E-state index in [-0.39, 0.29) is 5.91 Å². The molecule has 5 heteroatoms. The van der Waals surface area contributed by atoms with Gasteiger partial charge in [-0.15, -0.1) is 12.6 Å². The minimum Gasteiger partial charge on any atom is -0.334 e. The summed E-state index contributed by atoms with van der Waals surface area (Å²) in [4.78, 5) is 15.2. The van der Waals surface area contributed by atoms with E-state index in [1.165, 1.54) is 0 Å². The lowest BCUT2D eigenvalue weighted by Gasteiger charge is -2.33. The molecule has 1 amide bonds. The van der Waals surface area contributed by atoms with Gasteiger partial charge in [-0.1, -0.05) is 0 Å². The zero-order valence-corrected chi connectivity index (χ0v) is 12.8. The van der Waals surface area contributed by atoms with Crippen LogP contribution in [0.25, 0.3) is 0 Å². The van der Waals surface area contributed by atoms with Gasteiger partial charge in [0.15, 0.2) is 0 Å². The van der Waals surface area contributed by atoms with E-state index < -0.39 is 0 Å². The lowest BCUT2D eigenvalue weighted by Crippen LogP contribution is -2.44. The van der Waals surface area contributed by atoms with Crippen molar-refractivity contribution in [3.05, 3.63) is 28.2 Å². The molecule has 1 aliphatic heterocycles. The highest BCUT2D eigenvalue weighted by atomic mass is 79.9. The monoisotopic (exact) mass is 331 g/mol. The van der Waals surface area contributed by atoms with Gasteiger partial charge in [-0.25, -0.2) is 0 Å². The zero-order valence-electron chi connectivity index (χ0n) is 9.52. The Labute approximate surface area is 120 Å². The van der Waals surface area contributed by atoms with E-state index in [2.05, 4.69) is 35.5 Å². The van der Waals surface area contributed by atoms with Crippen LogP contribution in [0.1, 0.15) is 17.3 Å². The van der Waals surface area contributed by atoms with E-state index in [0.717, 1.165) is 27.4 Å². The van der Waals surface area contributed by atoms with Crippen LogP contribution in [-0.4, -0.2) is 34.9 Å². The molecule has 1 aromatic carbocycles. The van der Waals surface area contributed by atoms with Crippen LogP contribution in [0.5, 0.6) is 0 Å². The summed E-state index contributed by atoms with van der Waals surface area (Å²) >= 11 is 9.62. The van der Waals surface area contributed by atoms with Crippen molar-refractivity contribution in [3.63, 3.8) is 0 Å². The first-order chi connectivity index (χ1) is 8.09. The highest BCUT2D eigenvalue weighted by Crippen LogP contribution is 2.25. The van der Waals surface area contributed by atoms with Crippen molar-refractivity contribution in [2.45, 2.75) is 17.9 Å². The zero-order chi connectivity index (χ0) is 12.4. The third kappa shape index (κ3) is 3.01. The van der Waals surface area contributed by atoms with Crippen molar-refractivity contribution in [3.8, 4) is 0 Å². The maximum absolute atomic E-state index is 12.4. The minimum absolute atomic E-state index is 0.0978. The van der Waals surface area contributed by atoms with Crippen molar-refractivity contribution < 1.29 is 4.79 Å². The first kappa shape index (κ1) is 13.3. The first-order valence-corrected chi connectivity index (χ1v) is 7.86. The van der Waals surface area contributed by atoms with Crippen LogP contribution in [0.4, 0.5) is 0 Å². The summed E-state index contributed by atoms with van der Waals surface area (Å²) in [5, 5.41) is 0. The lowest BCUT2D eigenvalue weighted by atomic mass is 10.1. The summed E-state index contributed by atoms with van der Waals surface area (Å²) in [5.74, 6) is 2.14. The molecule has 1 aromatic rings. The number of halogens is 1. The second-order valence-electron chi connectivity index (χ2n) is 4.09. The third-order valence-corrected chi connectivity index (χ3v) is 4.97. The van der Waals surface area contributed by atoms with Crippen LogP contribution in [0.2, 0.25) is 0 Å². The standard InChI is InChI=1S/C12H14BrNOS2/c1-8-7-17-5-4-14(8)12(15)10-6-9(16)2-3-11(10)13/h2-3,6,8,16H,4-5,7H2,1H3. The molecule has 2 rings (SSSR count). The van der Waals surface area contributed by atoms with E-state index in [9.17, 15) is 4.79 Å². The second kappa shape index (κ2) is 5.67. The Morgan fingerprint density at radius 3 is 3.06 bits per heavy atom. The molecular formula is C12H14BrNOS2. The summed E-state index contributed by atoms with van der Waals surface area (Å²) in [6.45, 7) is 2.93. The maximum atomic E-state index is 12.4. The highest BCUT2D eigenvalue weighted by molar-refractivity contribution is 9.10. The van der Waals surface area contributed by atoms with Gasteiger partial charge in [0.2, 0.25) is 0 Å². The quantitative estimate of drug-likeness (QED) is 0.796. The van der Waals surface area contributed by atoms with E-state index in [0.29, 0.717) is 11.6 Å². The predicted molar refractivity (Wildman–Crippen MR) is 79.2 cm³/mol. The summed E-state index contributed by atoms with van der Waals surface area (Å²) in [5.41, 5.74) is 0.705. The number of nitrogens with zero attached hydrogens (tertiary/aromatic N) is 1. The van der Waals surface area contributed by atoms with E-state index >= 15 is 0 Å². The van der Waals surface area contributed by atoms with Crippen molar-refractivity contribution >= 4 is 46.2 Å². The Balaban J connectivity index is 2.26. The fraction of sp³-hybridized carbons (Fsp3) is 0.417. The molecule has 1 atom stereocenters. The van der Waals surface area contributed by atoms with Gasteiger partial charge in [0.1, 0.15) is 0 Å². The molecule has 92 valence electrons. The smallest absolute Gasteiger partial charge is 0.255 e. The summed E-state index contributed by atoms with van der Waals surface area (Å²) < 4.78 is 0.839. The number of rotatable bonds is 1. The minimum atomic E-state index is 0.0978. The molecule has 0 aromatic heterocycles. The number of amides is 1. The number of hydrogen-bond donors (Lipinski definition) is 1. The van der Waals surface area contributed by atoms with E-state index in [1.807, 2.05) is 34.9 Å². The fourth-order valence-electron chi connectivity index (χ4n) is 1.86. The third-order valence-electron chi connectivity index (χ3n) is 2.81. The van der Waals surface area contributed by atoms with Gasteiger partial charge in [0, 0.05) is 33.5 Å². The van der Waals surface area contributed by atoms with Crippen LogP contribution in [0.15, 0.2) is 27.6 Å². The van der Waals surface area contributed by atoms with Gasteiger partial charge in [-0.05, 0) is 41.1 Å². The molecule has 17 heavy (non-hydrogen) atoms. The molecule has 1 aliphatic rings. The highest BCUT2D eigenvalue weighted by Gasteiger charge is 2.25. The summed E-state index contributed by atoms with van der Waals surface area (Å²) in [6, 6.07) is 5.87. The molecular weight excluding hydrogens is 318 g/mol. The normalized spacial score (nSPS) is 20.4. The average Bonchev–Trinajstić information content (AvgIpc) is 2.32. The largest absolute Gasteiger partial charge is 0.334 e. The molecule has 0 spiro atoms. The van der Waals surface area contributed by atoms with Crippen LogP contribution in [-0.2, 0) is 0 Å². The van der Waals surface area contributed by atoms with Gasteiger partial charge < -0.3 is 4.90 Å². The van der Waals surface area contributed by atoms with Crippen LogP contribution in [0.3, 0.4) is 0 Å². The maximum Gasteiger partial charge on any atom is 0.255 e. The SMILES string of the molecule is CC1CSCCN1C(=O)c1cc(S)ccc1Br. The van der Waals surface area contributed by atoms with Gasteiger partial charge >= 0.3 is 0 Å². The number of benzene rings is 1. The Morgan fingerprint density at radius 1 is 1.59 bits per heavy atom. The van der Waals surface area contributed by atoms with Crippen molar-refractivity contribution in [1.82, 2.24) is 4.90 Å². The van der Waals surface area contributed by atoms with Crippen LogP contribution < -0.4 is 0 Å². The predicted octanol–water partition coefficient (Wildman–Crippen LogP) is 3.32. The summed E-state index contributed by atoms with van der Waals surface area (Å²) in [7, 11) is 0. The van der Waals surface area contributed by atoms with Gasteiger partial charge in [0.05, 0.1) is 5.56 Å². The Hall–Kier alpha value is -0.130. The number of thiol groups is 1. The van der Waals surface area contributed by atoms with Crippen molar-refractivity contribution in [2.24, 2.45) is 0 Å². The van der Waals surface area contributed by atoms with Gasteiger partial charge in [-0.3, -0.25) is 4.79 Å². The lowest BCUT2D eigenvalue weighted by molar-refractivity contribution is 0.0715. The molecule has 2 nitrogen and oxygen atoms in total. The first-order valence-electron chi connectivity index (χ1n) is 5.47. The fourth-order valence-corrected chi connectivity index (χ4v) is 3.49. The molecule has 1 fully saturated rings. The molecule has 0 radical (unpaired) electrons. The Bertz CT molecular complexity index is 439. The average molecular weight is 332 g/mol. The van der Waals surface area contributed by atoms with Crippen LogP contribution in [0, 0.1) is 0 Å². The number of hydrogen-bond acceptors (Lipinski definition) is 3. The Morgan fingerprint density at radius 2 is 2.35 bits per heavy atom. The number of thioether (sulfide) groups is 1. The molecule has 1 heterocycles. The molecule has 0 N–H and O–H groups in total. The number of carbonyl (C=O) groups is 1. The summed E-state index contributed by atoms with van der Waals surface area (Å²) in [6.07, 6.45) is 0. The molecule has 0 saturated carbocycles. The molecule has 0 bridgehead atoms. The van der Waals surface area contributed by atoms with Gasteiger partial charge in [0.25, 0.3) is 5.91 Å². The number of carbonyl (C=O) groups excluding carboxylic acids is 1. The molecule has 1 unspecified atom stereocenters. The van der Waals surface area contributed by atoms with Crippen LogP contribution >= 0.6 is 40.3 Å². The molecule has 0 aliphatic carbocycles. The second-order valence-corrected chi connectivity index (χ2v) is 6.61. The topological polar surface area (TPSA) is 20.3 Å². The Kier molecular flexibility index (Phi) is 4.44. The van der Waals surface area contributed by atoms with Crippen molar-refractivity contribution in [2.75, 3.05) is 18.1 Å². The van der Waals surface area contributed by atoms with E-state index in [1.54, 1.807) is 0 Å². The van der Waals surface area contributed by atoms with Crippen molar-refractivity contribution in [1.29, 1.82) is 0 Å².